The van der Waals surface area contributed by atoms with E-state index < -0.39 is 10.0 Å². The molecular formula is C10H15BrN2O2S2. The largest absolute Gasteiger partial charge is 0.296 e. The smallest absolute Gasteiger partial charge is 0.224 e. The summed E-state index contributed by atoms with van der Waals surface area (Å²) in [7, 11) is -3.08. The van der Waals surface area contributed by atoms with Crippen LogP contribution in [0.1, 0.15) is 4.88 Å². The zero-order valence-corrected chi connectivity index (χ0v) is 12.6. The Morgan fingerprint density at radius 3 is 2.53 bits per heavy atom. The predicted molar refractivity (Wildman–Crippen MR) is 73.9 cm³/mol. The zero-order valence-electron chi connectivity index (χ0n) is 9.38. The van der Waals surface area contributed by atoms with Crippen LogP contribution in [0, 0.1) is 0 Å². The molecule has 2 rings (SSSR count). The topological polar surface area (TPSA) is 40.6 Å². The van der Waals surface area contributed by atoms with Gasteiger partial charge in [-0.25, -0.2) is 8.42 Å². The maximum absolute atomic E-state index is 11.6. The molecule has 7 heteroatoms. The molecule has 0 saturated carbocycles. The van der Waals surface area contributed by atoms with Gasteiger partial charge < -0.3 is 0 Å². The first-order chi connectivity index (χ1) is 8.12. The Hall–Kier alpha value is 0.0500. The van der Waals surface area contributed by atoms with E-state index in [-0.39, 0.29) is 4.66 Å². The van der Waals surface area contributed by atoms with Crippen molar-refractivity contribution in [3.8, 4) is 0 Å². The first-order valence-corrected chi connectivity index (χ1v) is 9.01. The molecule has 0 amide bonds. The minimum atomic E-state index is -3.08. The van der Waals surface area contributed by atoms with E-state index in [1.54, 1.807) is 15.6 Å². The average Bonchev–Trinajstić information content (AvgIpc) is 2.83. The summed E-state index contributed by atoms with van der Waals surface area (Å²) in [6.45, 7) is 3.74. The van der Waals surface area contributed by atoms with Gasteiger partial charge in [-0.2, -0.15) is 4.31 Å². The molecule has 0 N–H and O–H groups in total. The van der Waals surface area contributed by atoms with Gasteiger partial charge >= 0.3 is 0 Å². The summed E-state index contributed by atoms with van der Waals surface area (Å²) in [5, 5.41) is 2.07. The van der Waals surface area contributed by atoms with Gasteiger partial charge in [0, 0.05) is 37.6 Å². The van der Waals surface area contributed by atoms with Crippen molar-refractivity contribution in [1.82, 2.24) is 9.21 Å². The lowest BCUT2D eigenvalue weighted by molar-refractivity contribution is 0.183. The number of nitrogens with zero attached hydrogens (tertiary/aromatic N) is 2. The van der Waals surface area contributed by atoms with Crippen LogP contribution in [0.4, 0.5) is 0 Å². The molecule has 0 aromatic carbocycles. The molecule has 1 aromatic heterocycles. The normalized spacial score (nSPS) is 19.6. The van der Waals surface area contributed by atoms with E-state index >= 15 is 0 Å². The van der Waals surface area contributed by atoms with E-state index in [1.165, 1.54) is 4.88 Å². The van der Waals surface area contributed by atoms with Crippen LogP contribution in [0.2, 0.25) is 0 Å². The van der Waals surface area contributed by atoms with Crippen molar-refractivity contribution < 1.29 is 8.42 Å². The Morgan fingerprint density at radius 2 is 2.00 bits per heavy atom. The monoisotopic (exact) mass is 338 g/mol. The second-order valence-electron chi connectivity index (χ2n) is 3.98. The van der Waals surface area contributed by atoms with Gasteiger partial charge in [0.15, 0.2) is 0 Å². The van der Waals surface area contributed by atoms with Gasteiger partial charge in [-0.3, -0.25) is 4.90 Å². The van der Waals surface area contributed by atoms with Crippen LogP contribution >= 0.6 is 27.3 Å². The zero-order chi connectivity index (χ0) is 12.3. The van der Waals surface area contributed by atoms with Crippen LogP contribution in [-0.2, 0) is 16.6 Å². The lowest BCUT2D eigenvalue weighted by Gasteiger charge is -2.33. The molecule has 0 radical (unpaired) electrons. The van der Waals surface area contributed by atoms with E-state index in [4.69, 9.17) is 0 Å². The summed E-state index contributed by atoms with van der Waals surface area (Å²) in [6, 6.07) is 4.16. The van der Waals surface area contributed by atoms with Gasteiger partial charge in [-0.15, -0.1) is 11.3 Å². The second-order valence-corrected chi connectivity index (χ2v) is 8.28. The molecule has 0 aliphatic carbocycles. The van der Waals surface area contributed by atoms with Crippen molar-refractivity contribution in [2.75, 3.05) is 30.8 Å². The number of hydrogen-bond donors (Lipinski definition) is 0. The molecule has 1 fully saturated rings. The van der Waals surface area contributed by atoms with Crippen LogP contribution in [0.25, 0.3) is 0 Å². The molecule has 2 heterocycles. The van der Waals surface area contributed by atoms with Crippen molar-refractivity contribution in [1.29, 1.82) is 0 Å². The van der Waals surface area contributed by atoms with Crippen LogP contribution in [0.3, 0.4) is 0 Å². The molecule has 4 nitrogen and oxygen atoms in total. The highest BCUT2D eigenvalue weighted by atomic mass is 79.9. The lowest BCUT2D eigenvalue weighted by atomic mass is 10.3. The molecule has 0 bridgehead atoms. The van der Waals surface area contributed by atoms with Gasteiger partial charge in [0.05, 0.1) is 0 Å². The number of halogens is 1. The molecule has 17 heavy (non-hydrogen) atoms. The number of piperazine rings is 1. The Labute approximate surface area is 114 Å². The summed E-state index contributed by atoms with van der Waals surface area (Å²) in [5.41, 5.74) is 0. The highest BCUT2D eigenvalue weighted by Gasteiger charge is 2.25. The first kappa shape index (κ1) is 13.5. The quantitative estimate of drug-likeness (QED) is 0.782. The molecule has 96 valence electrons. The van der Waals surface area contributed by atoms with Gasteiger partial charge in [-0.1, -0.05) is 22.0 Å². The van der Waals surface area contributed by atoms with E-state index in [0.717, 1.165) is 19.6 Å². The van der Waals surface area contributed by atoms with Gasteiger partial charge in [0.2, 0.25) is 10.0 Å². The van der Waals surface area contributed by atoms with Crippen molar-refractivity contribution >= 4 is 37.3 Å². The number of alkyl halides is 1. The molecular weight excluding hydrogens is 324 g/mol. The fraction of sp³-hybridized carbons (Fsp3) is 0.600. The fourth-order valence-electron chi connectivity index (χ4n) is 1.86. The van der Waals surface area contributed by atoms with Crippen LogP contribution in [0.15, 0.2) is 17.5 Å². The highest BCUT2D eigenvalue weighted by Crippen LogP contribution is 2.15. The first-order valence-electron chi connectivity index (χ1n) is 5.40. The van der Waals surface area contributed by atoms with Crippen molar-refractivity contribution in [3.63, 3.8) is 0 Å². The Morgan fingerprint density at radius 1 is 1.29 bits per heavy atom. The molecule has 0 unspecified atom stereocenters. The van der Waals surface area contributed by atoms with Crippen LogP contribution < -0.4 is 0 Å². The summed E-state index contributed by atoms with van der Waals surface area (Å²) in [6.07, 6.45) is 0. The second kappa shape index (κ2) is 5.79. The number of rotatable bonds is 4. The Balaban J connectivity index is 1.86. The summed E-state index contributed by atoms with van der Waals surface area (Å²) in [4.78, 5) is 3.63. The van der Waals surface area contributed by atoms with E-state index in [1.807, 2.05) is 6.07 Å². The van der Waals surface area contributed by atoms with Crippen molar-refractivity contribution in [2.45, 2.75) is 6.54 Å². The summed E-state index contributed by atoms with van der Waals surface area (Å²) >= 11 is 4.77. The fourth-order valence-corrected chi connectivity index (χ4v) is 4.33. The molecule has 1 saturated heterocycles. The minimum absolute atomic E-state index is 0.0188. The van der Waals surface area contributed by atoms with Gasteiger partial charge in [-0.05, 0) is 11.4 Å². The maximum atomic E-state index is 11.6. The van der Waals surface area contributed by atoms with E-state index in [9.17, 15) is 8.42 Å². The summed E-state index contributed by atoms with van der Waals surface area (Å²) < 4.78 is 24.9. The minimum Gasteiger partial charge on any atom is -0.296 e. The molecule has 1 aliphatic rings. The third kappa shape index (κ3) is 3.51. The van der Waals surface area contributed by atoms with Crippen LogP contribution in [-0.4, -0.2) is 48.5 Å². The van der Waals surface area contributed by atoms with E-state index in [2.05, 4.69) is 32.3 Å². The number of hydrogen-bond acceptors (Lipinski definition) is 4. The Kier molecular flexibility index (Phi) is 4.59. The van der Waals surface area contributed by atoms with Crippen molar-refractivity contribution in [2.24, 2.45) is 0 Å². The third-order valence-electron chi connectivity index (χ3n) is 2.82. The average molecular weight is 339 g/mol. The third-order valence-corrected chi connectivity index (χ3v) is 6.85. The lowest BCUT2D eigenvalue weighted by Crippen LogP contribution is -2.48. The van der Waals surface area contributed by atoms with Gasteiger partial charge in [0.1, 0.15) is 4.66 Å². The SMILES string of the molecule is O=S(=O)(CBr)N1CCN(Cc2cccs2)CC1. The summed E-state index contributed by atoms with van der Waals surface area (Å²) in [5.74, 6) is 0. The number of thiophene rings is 1. The standard InChI is InChI=1S/C10H15BrN2O2S2/c11-9-17(14,15)13-5-3-12(4-6-13)8-10-2-1-7-16-10/h1-2,7H,3-6,8-9H2. The molecule has 0 spiro atoms. The highest BCUT2D eigenvalue weighted by molar-refractivity contribution is 9.10. The number of sulfonamides is 1. The van der Waals surface area contributed by atoms with Crippen molar-refractivity contribution in [3.05, 3.63) is 22.4 Å². The molecule has 1 aliphatic heterocycles. The molecule has 1 aromatic rings. The maximum Gasteiger partial charge on any atom is 0.224 e. The Bertz CT molecular complexity index is 439. The van der Waals surface area contributed by atoms with E-state index in [0.29, 0.717) is 13.1 Å². The van der Waals surface area contributed by atoms with Gasteiger partial charge in [0.25, 0.3) is 0 Å². The molecule has 0 atom stereocenters. The van der Waals surface area contributed by atoms with Crippen LogP contribution in [0.5, 0.6) is 0 Å². The predicted octanol–water partition coefficient (Wildman–Crippen LogP) is 1.55.